The van der Waals surface area contributed by atoms with E-state index in [4.69, 9.17) is 12.2 Å². The van der Waals surface area contributed by atoms with Gasteiger partial charge in [-0.2, -0.15) is 0 Å². The summed E-state index contributed by atoms with van der Waals surface area (Å²) >= 11 is 5.20. The summed E-state index contributed by atoms with van der Waals surface area (Å²) < 4.78 is 13.5. The summed E-state index contributed by atoms with van der Waals surface area (Å²) in [7, 11) is 0. The lowest BCUT2D eigenvalue weighted by Gasteiger charge is -2.35. The second-order valence-electron chi connectivity index (χ2n) is 5.91. The van der Waals surface area contributed by atoms with Crippen LogP contribution in [0, 0.1) is 17.7 Å². The minimum absolute atomic E-state index is 0.0162. The van der Waals surface area contributed by atoms with Crippen molar-refractivity contribution < 1.29 is 9.18 Å². The fourth-order valence-electron chi connectivity index (χ4n) is 2.82. The highest BCUT2D eigenvalue weighted by atomic mass is 32.1. The second-order valence-corrected chi connectivity index (χ2v) is 6.31. The van der Waals surface area contributed by atoms with E-state index in [2.05, 4.69) is 30.0 Å². The van der Waals surface area contributed by atoms with E-state index in [9.17, 15) is 9.18 Å². The quantitative estimate of drug-likeness (QED) is 0.579. The summed E-state index contributed by atoms with van der Waals surface area (Å²) in [5, 5.41) is 3.59. The fourth-order valence-corrected chi connectivity index (χ4v) is 3.02. The van der Waals surface area contributed by atoms with Crippen LogP contribution < -0.4 is 16.2 Å². The molecule has 1 aromatic carbocycles. The predicted octanol–water partition coefficient (Wildman–Crippen LogP) is 2.76. The van der Waals surface area contributed by atoms with Gasteiger partial charge in [-0.05, 0) is 42.6 Å². The fraction of sp³-hybridized carbons (Fsp3) is 0.500. The first-order valence-corrected chi connectivity index (χ1v) is 8.01. The minimum Gasteiger partial charge on any atom is -0.358 e. The Labute approximate surface area is 135 Å². The van der Waals surface area contributed by atoms with Crippen LogP contribution in [0.5, 0.6) is 0 Å². The Morgan fingerprint density at radius 3 is 2.68 bits per heavy atom. The van der Waals surface area contributed by atoms with Gasteiger partial charge in [0.25, 0.3) is 5.91 Å². The van der Waals surface area contributed by atoms with E-state index in [1.54, 1.807) is 6.07 Å². The van der Waals surface area contributed by atoms with Crippen molar-refractivity contribution in [2.24, 2.45) is 11.8 Å². The van der Waals surface area contributed by atoms with Gasteiger partial charge in [0.2, 0.25) is 0 Å². The van der Waals surface area contributed by atoms with Crippen molar-refractivity contribution in [3.63, 3.8) is 0 Å². The highest BCUT2D eigenvalue weighted by molar-refractivity contribution is 7.80. The molecule has 0 bridgehead atoms. The Kier molecular flexibility index (Phi) is 5.71. The van der Waals surface area contributed by atoms with E-state index in [1.165, 1.54) is 31.0 Å². The molecule has 0 spiro atoms. The molecular weight excluding hydrogens is 301 g/mol. The Bertz CT molecular complexity index is 552. The van der Waals surface area contributed by atoms with Crippen molar-refractivity contribution in [2.45, 2.75) is 39.2 Å². The molecule has 0 aliphatic heterocycles. The summed E-state index contributed by atoms with van der Waals surface area (Å²) in [4.78, 5) is 11.9. The third-order valence-corrected chi connectivity index (χ3v) is 4.65. The molecule has 2 rings (SSSR count). The second kappa shape index (κ2) is 7.54. The van der Waals surface area contributed by atoms with Crippen molar-refractivity contribution in [1.29, 1.82) is 0 Å². The molecule has 0 radical (unpaired) electrons. The zero-order chi connectivity index (χ0) is 16.1. The standard InChI is InChI=1S/C16H22FN3OS/c1-10-6-5-9-14(11(10)2)18-16(22)20-19-15(21)12-7-3-4-8-13(12)17/h3-4,7-8,10-11,14H,5-6,9H2,1-2H3,(H,19,21)(H2,18,20,22)/t10-,11+,14+/m0/s1. The van der Waals surface area contributed by atoms with Crippen LogP contribution in [0.2, 0.25) is 0 Å². The molecule has 22 heavy (non-hydrogen) atoms. The number of hydrazine groups is 1. The number of carbonyl (C=O) groups excluding carboxylic acids is 1. The van der Waals surface area contributed by atoms with Gasteiger partial charge in [-0.25, -0.2) is 4.39 Å². The van der Waals surface area contributed by atoms with Gasteiger partial charge in [-0.3, -0.25) is 15.6 Å². The van der Waals surface area contributed by atoms with Crippen LogP contribution in [0.1, 0.15) is 43.5 Å². The molecule has 1 aliphatic rings. The molecule has 0 unspecified atom stereocenters. The summed E-state index contributed by atoms with van der Waals surface area (Å²) in [5.74, 6) is 0.0699. The van der Waals surface area contributed by atoms with E-state index in [-0.39, 0.29) is 5.56 Å². The van der Waals surface area contributed by atoms with E-state index in [0.717, 1.165) is 6.42 Å². The molecule has 1 aromatic rings. The van der Waals surface area contributed by atoms with Gasteiger partial charge in [0.15, 0.2) is 5.11 Å². The molecule has 1 amide bonds. The highest BCUT2D eigenvalue weighted by Gasteiger charge is 2.27. The third kappa shape index (κ3) is 4.16. The number of benzene rings is 1. The molecule has 1 saturated carbocycles. The van der Waals surface area contributed by atoms with Gasteiger partial charge in [-0.1, -0.05) is 38.8 Å². The SMILES string of the molecule is C[C@@H]1[C@@H](C)CCC[C@H]1NC(=S)NNC(=O)c1ccccc1F. The Morgan fingerprint density at radius 1 is 1.23 bits per heavy atom. The average molecular weight is 323 g/mol. The number of amides is 1. The smallest absolute Gasteiger partial charge is 0.272 e. The first-order valence-electron chi connectivity index (χ1n) is 7.60. The van der Waals surface area contributed by atoms with Crippen LogP contribution in [0.25, 0.3) is 0 Å². The lowest BCUT2D eigenvalue weighted by Crippen LogP contribution is -2.52. The molecule has 0 saturated heterocycles. The van der Waals surface area contributed by atoms with Gasteiger partial charge in [0.05, 0.1) is 5.56 Å². The van der Waals surface area contributed by atoms with Gasteiger partial charge in [0, 0.05) is 6.04 Å². The van der Waals surface area contributed by atoms with Crippen molar-refractivity contribution in [3.05, 3.63) is 35.6 Å². The van der Waals surface area contributed by atoms with Gasteiger partial charge in [-0.15, -0.1) is 0 Å². The van der Waals surface area contributed by atoms with E-state index < -0.39 is 11.7 Å². The maximum Gasteiger partial charge on any atom is 0.272 e. The number of rotatable bonds is 2. The van der Waals surface area contributed by atoms with Crippen molar-refractivity contribution >= 4 is 23.2 Å². The molecular formula is C16H22FN3OS. The Balaban J connectivity index is 1.83. The highest BCUT2D eigenvalue weighted by Crippen LogP contribution is 2.29. The van der Waals surface area contributed by atoms with Gasteiger partial charge in [0.1, 0.15) is 5.82 Å². The Hall–Kier alpha value is -1.69. The topological polar surface area (TPSA) is 53.2 Å². The van der Waals surface area contributed by atoms with Crippen molar-refractivity contribution in [1.82, 2.24) is 16.2 Å². The molecule has 0 aromatic heterocycles. The summed E-state index contributed by atoms with van der Waals surface area (Å²) in [6.07, 6.45) is 3.48. The molecule has 1 aliphatic carbocycles. The van der Waals surface area contributed by atoms with Gasteiger partial charge >= 0.3 is 0 Å². The average Bonchev–Trinajstić information content (AvgIpc) is 2.50. The maximum atomic E-state index is 13.5. The molecule has 0 heterocycles. The van der Waals surface area contributed by atoms with E-state index in [0.29, 0.717) is 23.0 Å². The summed E-state index contributed by atoms with van der Waals surface area (Å²) in [5.41, 5.74) is 5.05. The number of carbonyl (C=O) groups is 1. The molecule has 3 N–H and O–H groups in total. The molecule has 6 heteroatoms. The monoisotopic (exact) mass is 323 g/mol. The van der Waals surface area contributed by atoms with Crippen LogP contribution in [-0.2, 0) is 0 Å². The first-order chi connectivity index (χ1) is 10.5. The number of nitrogens with one attached hydrogen (secondary N) is 3. The van der Waals surface area contributed by atoms with Crippen LogP contribution in [0.15, 0.2) is 24.3 Å². The molecule has 3 atom stereocenters. The zero-order valence-corrected chi connectivity index (χ0v) is 13.7. The normalized spacial score (nSPS) is 24.4. The molecule has 1 fully saturated rings. The van der Waals surface area contributed by atoms with Gasteiger partial charge < -0.3 is 5.32 Å². The predicted molar refractivity (Wildman–Crippen MR) is 88.7 cm³/mol. The van der Waals surface area contributed by atoms with Crippen molar-refractivity contribution in [2.75, 3.05) is 0 Å². The number of hydrogen-bond donors (Lipinski definition) is 3. The maximum absolute atomic E-state index is 13.5. The van der Waals surface area contributed by atoms with Crippen molar-refractivity contribution in [3.8, 4) is 0 Å². The first kappa shape index (κ1) is 16.7. The van der Waals surface area contributed by atoms with Crippen LogP contribution in [0.3, 0.4) is 0 Å². The van der Waals surface area contributed by atoms with Crippen LogP contribution in [0.4, 0.5) is 4.39 Å². The summed E-state index contributed by atoms with van der Waals surface area (Å²) in [6, 6.07) is 6.12. The Morgan fingerprint density at radius 2 is 1.95 bits per heavy atom. The summed E-state index contributed by atoms with van der Waals surface area (Å²) in [6.45, 7) is 4.46. The largest absolute Gasteiger partial charge is 0.358 e. The number of halogens is 1. The number of hydrogen-bond acceptors (Lipinski definition) is 2. The van der Waals surface area contributed by atoms with Crippen LogP contribution in [-0.4, -0.2) is 17.1 Å². The number of thiocarbonyl (C=S) groups is 1. The zero-order valence-electron chi connectivity index (χ0n) is 12.9. The lowest BCUT2D eigenvalue weighted by molar-refractivity contribution is 0.0939. The molecule has 120 valence electrons. The minimum atomic E-state index is -0.560. The van der Waals surface area contributed by atoms with E-state index >= 15 is 0 Å². The van der Waals surface area contributed by atoms with E-state index in [1.807, 2.05) is 0 Å². The molecule has 4 nitrogen and oxygen atoms in total. The lowest BCUT2D eigenvalue weighted by atomic mass is 9.78. The third-order valence-electron chi connectivity index (χ3n) is 4.43. The van der Waals surface area contributed by atoms with Crippen LogP contribution >= 0.6 is 12.2 Å².